The number of fused-ring (bicyclic) bond motifs is 6. The molecule has 0 aliphatic carbocycles. The number of rotatable bonds is 6. The van der Waals surface area contributed by atoms with E-state index in [0.29, 0.717) is 34.9 Å². The zero-order chi connectivity index (χ0) is 37.0. The largest absolute Gasteiger partial charge is 0.456 e. The summed E-state index contributed by atoms with van der Waals surface area (Å²) in [6.45, 7) is 0. The van der Waals surface area contributed by atoms with Gasteiger partial charge in [0.2, 0.25) is 0 Å². The first-order valence-corrected chi connectivity index (χ1v) is 19.1. The second-order valence-electron chi connectivity index (χ2n) is 13.5. The van der Waals surface area contributed by atoms with E-state index >= 15 is 0 Å². The maximum atomic E-state index is 6.12. The first kappa shape index (κ1) is 32.0. The molecule has 11 rings (SSSR count). The van der Waals surface area contributed by atoms with Crippen molar-refractivity contribution in [1.82, 2.24) is 29.9 Å². The molecular formula is C48H28N6OS. The third-order valence-corrected chi connectivity index (χ3v) is 11.2. The summed E-state index contributed by atoms with van der Waals surface area (Å²) in [4.78, 5) is 30.1. The summed E-state index contributed by atoms with van der Waals surface area (Å²) in [7, 11) is 0. The maximum Gasteiger partial charge on any atom is 0.165 e. The highest BCUT2D eigenvalue weighted by atomic mass is 32.1. The van der Waals surface area contributed by atoms with E-state index in [1.165, 1.54) is 0 Å². The standard InChI is InChI=1S/C48H28N6OS/c1-4-13-29(14-5-1)43-50-46(32-24-26-40-38(27-32)34-19-10-11-22-39(34)55-40)52-47(51-43)33-23-25-35-36-20-12-21-37(42(36)56-41(35)28-33)48-53-44(30-15-6-2-7-16-30)49-45(54-48)31-17-8-3-9-18-31/h1-28H. The van der Waals surface area contributed by atoms with Gasteiger partial charge in [0, 0.05) is 64.3 Å². The van der Waals surface area contributed by atoms with Crippen molar-refractivity contribution in [2.45, 2.75) is 0 Å². The van der Waals surface area contributed by atoms with E-state index in [2.05, 4.69) is 48.5 Å². The third kappa shape index (κ3) is 5.59. The van der Waals surface area contributed by atoms with Crippen LogP contribution in [-0.4, -0.2) is 29.9 Å². The van der Waals surface area contributed by atoms with Crippen molar-refractivity contribution in [3.63, 3.8) is 0 Å². The van der Waals surface area contributed by atoms with E-state index in [1.54, 1.807) is 11.3 Å². The minimum atomic E-state index is 0.595. The molecule has 0 saturated carbocycles. The Morgan fingerprint density at radius 1 is 0.321 bits per heavy atom. The van der Waals surface area contributed by atoms with Crippen LogP contribution >= 0.6 is 11.3 Å². The normalized spacial score (nSPS) is 11.6. The molecule has 4 aromatic heterocycles. The van der Waals surface area contributed by atoms with Crippen molar-refractivity contribution in [3.8, 4) is 68.3 Å². The van der Waals surface area contributed by atoms with Crippen LogP contribution in [0.4, 0.5) is 0 Å². The highest BCUT2D eigenvalue weighted by Crippen LogP contribution is 2.41. The molecule has 0 atom stereocenters. The fourth-order valence-electron chi connectivity index (χ4n) is 7.26. The molecular weight excluding hydrogens is 709 g/mol. The summed E-state index contributed by atoms with van der Waals surface area (Å²) < 4.78 is 8.33. The first-order valence-electron chi connectivity index (χ1n) is 18.3. The second-order valence-corrected chi connectivity index (χ2v) is 14.6. The molecule has 0 fully saturated rings. The molecule has 0 aliphatic rings. The van der Waals surface area contributed by atoms with Gasteiger partial charge in [-0.1, -0.05) is 133 Å². The van der Waals surface area contributed by atoms with Gasteiger partial charge in [-0.3, -0.25) is 0 Å². The van der Waals surface area contributed by atoms with Crippen molar-refractivity contribution < 1.29 is 4.42 Å². The van der Waals surface area contributed by atoms with Crippen LogP contribution in [0.3, 0.4) is 0 Å². The van der Waals surface area contributed by atoms with Crippen LogP contribution in [0.25, 0.3) is 110 Å². The van der Waals surface area contributed by atoms with E-state index in [4.69, 9.17) is 34.3 Å². The van der Waals surface area contributed by atoms with Crippen LogP contribution in [0.5, 0.6) is 0 Å². The molecule has 56 heavy (non-hydrogen) atoms. The molecule has 0 aliphatic heterocycles. The highest BCUT2D eigenvalue weighted by Gasteiger charge is 2.19. The van der Waals surface area contributed by atoms with Gasteiger partial charge in [-0.2, -0.15) is 0 Å². The van der Waals surface area contributed by atoms with E-state index in [9.17, 15) is 0 Å². The van der Waals surface area contributed by atoms with Crippen LogP contribution in [0.15, 0.2) is 174 Å². The van der Waals surface area contributed by atoms with Gasteiger partial charge < -0.3 is 4.42 Å². The topological polar surface area (TPSA) is 90.5 Å². The van der Waals surface area contributed by atoms with Crippen molar-refractivity contribution in [2.24, 2.45) is 0 Å². The summed E-state index contributed by atoms with van der Waals surface area (Å²) in [5.74, 6) is 3.71. The minimum Gasteiger partial charge on any atom is -0.456 e. The van der Waals surface area contributed by atoms with Gasteiger partial charge in [-0.05, 0) is 36.4 Å². The Morgan fingerprint density at radius 3 is 1.43 bits per heavy atom. The van der Waals surface area contributed by atoms with Gasteiger partial charge >= 0.3 is 0 Å². The summed E-state index contributed by atoms with van der Waals surface area (Å²) in [6.07, 6.45) is 0. The zero-order valence-electron chi connectivity index (χ0n) is 29.7. The van der Waals surface area contributed by atoms with Gasteiger partial charge in [0.05, 0.1) is 0 Å². The summed E-state index contributed by atoms with van der Waals surface area (Å²) in [6, 6.07) is 57.2. The Balaban J connectivity index is 1.06. The predicted octanol–water partition coefficient (Wildman–Crippen LogP) is 12.3. The number of hydrogen-bond acceptors (Lipinski definition) is 8. The zero-order valence-corrected chi connectivity index (χ0v) is 30.5. The van der Waals surface area contributed by atoms with Crippen LogP contribution in [0, 0.1) is 0 Å². The number of thiophene rings is 1. The summed E-state index contributed by atoms with van der Waals surface area (Å²) >= 11 is 1.72. The summed E-state index contributed by atoms with van der Waals surface area (Å²) in [5.41, 5.74) is 7.22. The van der Waals surface area contributed by atoms with E-state index < -0.39 is 0 Å². The summed E-state index contributed by atoms with van der Waals surface area (Å²) in [5, 5.41) is 4.36. The number of para-hydroxylation sites is 1. The quantitative estimate of drug-likeness (QED) is 0.168. The highest BCUT2D eigenvalue weighted by molar-refractivity contribution is 7.26. The Kier molecular flexibility index (Phi) is 7.53. The lowest BCUT2D eigenvalue weighted by Crippen LogP contribution is -2.00. The van der Waals surface area contributed by atoms with Gasteiger partial charge in [0.1, 0.15) is 11.2 Å². The molecule has 0 saturated heterocycles. The number of hydrogen-bond donors (Lipinski definition) is 0. The van der Waals surface area contributed by atoms with Crippen molar-refractivity contribution in [2.75, 3.05) is 0 Å². The molecule has 8 heteroatoms. The predicted molar refractivity (Wildman–Crippen MR) is 226 cm³/mol. The Labute approximate surface area is 324 Å². The molecule has 0 N–H and O–H groups in total. The molecule has 0 unspecified atom stereocenters. The number of furan rings is 1. The van der Waals surface area contributed by atoms with Crippen molar-refractivity contribution >= 4 is 53.4 Å². The van der Waals surface area contributed by atoms with Crippen molar-refractivity contribution in [3.05, 3.63) is 170 Å². The van der Waals surface area contributed by atoms with Crippen LogP contribution in [0.2, 0.25) is 0 Å². The SMILES string of the molecule is c1ccc(-c2nc(-c3ccc4c(c3)sc3c(-c5nc(-c6ccccc6)nc(-c6ccccc6)n5)cccc34)nc(-c3ccc4oc5ccccc5c4c3)n2)cc1. The molecule has 0 spiro atoms. The average Bonchev–Trinajstić information content (AvgIpc) is 3.85. The number of nitrogens with zero attached hydrogens (tertiary/aromatic N) is 6. The molecule has 4 heterocycles. The third-order valence-electron chi connectivity index (χ3n) is 10.00. The molecule has 11 aromatic rings. The minimum absolute atomic E-state index is 0.595. The molecule has 262 valence electrons. The van der Waals surface area contributed by atoms with Gasteiger partial charge in [-0.25, -0.2) is 29.9 Å². The van der Waals surface area contributed by atoms with Crippen LogP contribution in [-0.2, 0) is 0 Å². The van der Waals surface area contributed by atoms with Gasteiger partial charge in [0.15, 0.2) is 34.9 Å². The number of benzene rings is 7. The Bertz CT molecular complexity index is 3200. The second kappa shape index (κ2) is 13.2. The number of aromatic nitrogens is 6. The molecule has 0 amide bonds. The van der Waals surface area contributed by atoms with Crippen LogP contribution < -0.4 is 0 Å². The lowest BCUT2D eigenvalue weighted by molar-refractivity contribution is 0.669. The van der Waals surface area contributed by atoms with Gasteiger partial charge in [-0.15, -0.1) is 11.3 Å². The fraction of sp³-hybridized carbons (Fsp3) is 0. The maximum absolute atomic E-state index is 6.12. The molecule has 7 aromatic carbocycles. The lowest BCUT2D eigenvalue weighted by Gasteiger charge is -2.09. The van der Waals surface area contributed by atoms with E-state index in [0.717, 1.165) is 75.5 Å². The van der Waals surface area contributed by atoms with E-state index in [1.807, 2.05) is 121 Å². The van der Waals surface area contributed by atoms with Gasteiger partial charge in [0.25, 0.3) is 0 Å². The average molecular weight is 737 g/mol. The Hall–Kier alpha value is -7.42. The van der Waals surface area contributed by atoms with Crippen LogP contribution in [0.1, 0.15) is 0 Å². The Morgan fingerprint density at radius 2 is 0.804 bits per heavy atom. The monoisotopic (exact) mass is 736 g/mol. The molecule has 0 radical (unpaired) electrons. The van der Waals surface area contributed by atoms with Crippen molar-refractivity contribution in [1.29, 1.82) is 0 Å². The molecule has 0 bridgehead atoms. The fourth-order valence-corrected chi connectivity index (χ4v) is 8.51. The molecule has 7 nitrogen and oxygen atoms in total. The lowest BCUT2D eigenvalue weighted by atomic mass is 10.1. The smallest absolute Gasteiger partial charge is 0.165 e. The first-order chi connectivity index (χ1) is 27.7. The van der Waals surface area contributed by atoms with E-state index in [-0.39, 0.29) is 0 Å².